The van der Waals surface area contributed by atoms with Crippen LogP contribution in [0.1, 0.15) is 19.8 Å². The molecule has 0 unspecified atom stereocenters. The third-order valence-electron chi connectivity index (χ3n) is 3.30. The highest BCUT2D eigenvalue weighted by Crippen LogP contribution is 2.19. The quantitative estimate of drug-likeness (QED) is 0.722. The second-order valence-corrected chi connectivity index (χ2v) is 4.96. The molecule has 0 radical (unpaired) electrons. The topological polar surface area (TPSA) is 48.0 Å². The highest BCUT2D eigenvalue weighted by molar-refractivity contribution is 5.77. The van der Waals surface area contributed by atoms with E-state index in [-0.39, 0.29) is 12.5 Å². The fraction of sp³-hybridized carbons (Fsp3) is 0.562. The van der Waals surface area contributed by atoms with Gasteiger partial charge in [0.05, 0.1) is 19.8 Å². The first-order valence-electron chi connectivity index (χ1n) is 7.51. The SMILES string of the molecule is CCCCOc1cccc(OCC(=O)N2CCOCC2)c1. The Morgan fingerprint density at radius 1 is 1.24 bits per heavy atom. The monoisotopic (exact) mass is 293 g/mol. The molecule has 1 aromatic carbocycles. The van der Waals surface area contributed by atoms with Crippen molar-refractivity contribution in [2.75, 3.05) is 39.5 Å². The molecular formula is C16H23NO4. The third kappa shape index (κ3) is 5.27. The predicted octanol–water partition coefficient (Wildman–Crippen LogP) is 2.10. The second-order valence-electron chi connectivity index (χ2n) is 4.96. The first kappa shape index (κ1) is 15.6. The summed E-state index contributed by atoms with van der Waals surface area (Å²) in [6, 6.07) is 7.42. The summed E-state index contributed by atoms with van der Waals surface area (Å²) >= 11 is 0. The zero-order chi connectivity index (χ0) is 14.9. The van der Waals surface area contributed by atoms with Crippen LogP contribution in [0.4, 0.5) is 0 Å². The molecule has 0 aliphatic carbocycles. The van der Waals surface area contributed by atoms with Crippen molar-refractivity contribution >= 4 is 5.91 Å². The zero-order valence-corrected chi connectivity index (χ0v) is 12.5. The molecule has 0 saturated carbocycles. The van der Waals surface area contributed by atoms with Gasteiger partial charge >= 0.3 is 0 Å². The Morgan fingerprint density at radius 2 is 1.95 bits per heavy atom. The van der Waals surface area contributed by atoms with Gasteiger partial charge in [0.25, 0.3) is 5.91 Å². The van der Waals surface area contributed by atoms with Crippen molar-refractivity contribution in [3.05, 3.63) is 24.3 Å². The summed E-state index contributed by atoms with van der Waals surface area (Å²) in [5, 5.41) is 0. The molecule has 0 spiro atoms. The van der Waals surface area contributed by atoms with E-state index in [2.05, 4.69) is 6.92 Å². The fourth-order valence-electron chi connectivity index (χ4n) is 2.04. The van der Waals surface area contributed by atoms with Crippen molar-refractivity contribution in [3.8, 4) is 11.5 Å². The van der Waals surface area contributed by atoms with Crippen LogP contribution in [0.15, 0.2) is 24.3 Å². The van der Waals surface area contributed by atoms with Gasteiger partial charge in [0.15, 0.2) is 6.61 Å². The van der Waals surface area contributed by atoms with Gasteiger partial charge in [-0.1, -0.05) is 19.4 Å². The summed E-state index contributed by atoms with van der Waals surface area (Å²) in [7, 11) is 0. The first-order valence-corrected chi connectivity index (χ1v) is 7.51. The standard InChI is InChI=1S/C16H23NO4/c1-2-3-9-20-14-5-4-6-15(12-14)21-13-16(18)17-7-10-19-11-8-17/h4-6,12H,2-3,7-11,13H2,1H3. The minimum atomic E-state index is -0.00407. The molecule has 1 fully saturated rings. The summed E-state index contributed by atoms with van der Waals surface area (Å²) in [6.07, 6.45) is 2.13. The van der Waals surface area contributed by atoms with Crippen LogP contribution in [0.2, 0.25) is 0 Å². The molecule has 5 heteroatoms. The van der Waals surface area contributed by atoms with Crippen LogP contribution >= 0.6 is 0 Å². The highest BCUT2D eigenvalue weighted by Gasteiger charge is 2.17. The Kier molecular flexibility index (Phi) is 6.34. The number of rotatable bonds is 7. The molecule has 2 rings (SSSR count). The average molecular weight is 293 g/mol. The van der Waals surface area contributed by atoms with Gasteiger partial charge in [0.1, 0.15) is 11.5 Å². The van der Waals surface area contributed by atoms with Crippen molar-refractivity contribution in [1.82, 2.24) is 4.90 Å². The van der Waals surface area contributed by atoms with Gasteiger partial charge in [-0.15, -0.1) is 0 Å². The van der Waals surface area contributed by atoms with E-state index in [1.165, 1.54) is 0 Å². The van der Waals surface area contributed by atoms with Gasteiger partial charge in [-0.25, -0.2) is 0 Å². The number of hydrogen-bond acceptors (Lipinski definition) is 4. The largest absolute Gasteiger partial charge is 0.493 e. The van der Waals surface area contributed by atoms with Gasteiger partial charge in [0, 0.05) is 19.2 Å². The van der Waals surface area contributed by atoms with E-state index >= 15 is 0 Å². The van der Waals surface area contributed by atoms with Crippen molar-refractivity contribution in [3.63, 3.8) is 0 Å². The van der Waals surface area contributed by atoms with Crippen molar-refractivity contribution in [1.29, 1.82) is 0 Å². The van der Waals surface area contributed by atoms with E-state index in [0.717, 1.165) is 18.6 Å². The van der Waals surface area contributed by atoms with Crippen molar-refractivity contribution in [2.24, 2.45) is 0 Å². The average Bonchev–Trinajstić information content (AvgIpc) is 2.54. The summed E-state index contributed by atoms with van der Waals surface area (Å²) < 4.78 is 16.4. The lowest BCUT2D eigenvalue weighted by atomic mass is 10.3. The number of ether oxygens (including phenoxy) is 3. The van der Waals surface area contributed by atoms with E-state index in [1.807, 2.05) is 24.3 Å². The predicted molar refractivity (Wildman–Crippen MR) is 79.7 cm³/mol. The molecule has 5 nitrogen and oxygen atoms in total. The van der Waals surface area contributed by atoms with Crippen LogP contribution in [0, 0.1) is 0 Å². The molecule has 21 heavy (non-hydrogen) atoms. The molecule has 1 aliphatic heterocycles. The molecule has 1 heterocycles. The Bertz CT molecular complexity index is 444. The molecule has 0 bridgehead atoms. The number of nitrogens with zero attached hydrogens (tertiary/aromatic N) is 1. The number of carbonyl (C=O) groups excluding carboxylic acids is 1. The highest BCUT2D eigenvalue weighted by atomic mass is 16.5. The van der Waals surface area contributed by atoms with Crippen LogP contribution in [0.25, 0.3) is 0 Å². The van der Waals surface area contributed by atoms with Crippen LogP contribution in [0.3, 0.4) is 0 Å². The number of carbonyl (C=O) groups is 1. The van der Waals surface area contributed by atoms with E-state index < -0.39 is 0 Å². The molecule has 1 amide bonds. The lowest BCUT2D eigenvalue weighted by Crippen LogP contribution is -2.42. The number of amides is 1. The summed E-state index contributed by atoms with van der Waals surface area (Å²) in [5.74, 6) is 1.43. The molecule has 0 N–H and O–H groups in total. The molecule has 0 aromatic heterocycles. The molecule has 1 aliphatic rings. The maximum atomic E-state index is 12.0. The smallest absolute Gasteiger partial charge is 0.260 e. The van der Waals surface area contributed by atoms with Gasteiger partial charge in [0.2, 0.25) is 0 Å². The Balaban J connectivity index is 1.79. The fourth-order valence-corrected chi connectivity index (χ4v) is 2.04. The van der Waals surface area contributed by atoms with E-state index in [4.69, 9.17) is 14.2 Å². The third-order valence-corrected chi connectivity index (χ3v) is 3.30. The molecular weight excluding hydrogens is 270 g/mol. The van der Waals surface area contributed by atoms with Gasteiger partial charge in [-0.05, 0) is 18.6 Å². The number of morpholine rings is 1. The summed E-state index contributed by atoms with van der Waals surface area (Å²) in [4.78, 5) is 13.8. The Labute approximate surface area is 125 Å². The van der Waals surface area contributed by atoms with Crippen LogP contribution in [-0.4, -0.2) is 50.3 Å². The van der Waals surface area contributed by atoms with E-state index in [0.29, 0.717) is 38.7 Å². The normalized spacial score (nSPS) is 14.8. The Morgan fingerprint density at radius 3 is 2.67 bits per heavy atom. The Hall–Kier alpha value is -1.75. The van der Waals surface area contributed by atoms with Crippen molar-refractivity contribution in [2.45, 2.75) is 19.8 Å². The minimum Gasteiger partial charge on any atom is -0.493 e. The van der Waals surface area contributed by atoms with Gasteiger partial charge in [-0.3, -0.25) is 4.79 Å². The number of hydrogen-bond donors (Lipinski definition) is 0. The minimum absolute atomic E-state index is 0.00407. The molecule has 1 saturated heterocycles. The van der Waals surface area contributed by atoms with E-state index in [1.54, 1.807) is 4.90 Å². The zero-order valence-electron chi connectivity index (χ0n) is 12.5. The molecule has 116 valence electrons. The van der Waals surface area contributed by atoms with Gasteiger partial charge in [-0.2, -0.15) is 0 Å². The summed E-state index contributed by atoms with van der Waals surface area (Å²) in [6.45, 7) is 5.37. The lowest BCUT2D eigenvalue weighted by Gasteiger charge is -2.26. The summed E-state index contributed by atoms with van der Waals surface area (Å²) in [5.41, 5.74) is 0. The lowest BCUT2D eigenvalue weighted by molar-refractivity contribution is -0.137. The van der Waals surface area contributed by atoms with Crippen LogP contribution in [0.5, 0.6) is 11.5 Å². The maximum absolute atomic E-state index is 12.0. The number of benzene rings is 1. The van der Waals surface area contributed by atoms with Crippen molar-refractivity contribution < 1.29 is 19.0 Å². The number of unbranched alkanes of at least 4 members (excludes halogenated alkanes) is 1. The second kappa shape index (κ2) is 8.52. The first-order chi connectivity index (χ1) is 10.3. The van der Waals surface area contributed by atoms with E-state index in [9.17, 15) is 4.79 Å². The molecule has 1 aromatic rings. The van der Waals surface area contributed by atoms with Crippen LogP contribution in [-0.2, 0) is 9.53 Å². The molecule has 0 atom stereocenters. The maximum Gasteiger partial charge on any atom is 0.260 e. The van der Waals surface area contributed by atoms with Crippen LogP contribution < -0.4 is 9.47 Å². The van der Waals surface area contributed by atoms with Gasteiger partial charge < -0.3 is 19.1 Å².